The van der Waals surface area contributed by atoms with E-state index in [1.165, 1.54) is 18.2 Å². The van der Waals surface area contributed by atoms with Gasteiger partial charge in [0.2, 0.25) is 10.0 Å². The molecule has 1 aliphatic rings. The van der Waals surface area contributed by atoms with Crippen molar-refractivity contribution in [2.45, 2.75) is 30.2 Å². The maximum absolute atomic E-state index is 13.2. The fourth-order valence-corrected chi connectivity index (χ4v) is 5.07. The number of sulfonamides is 1. The summed E-state index contributed by atoms with van der Waals surface area (Å²) < 4.78 is 34.5. The lowest BCUT2D eigenvalue weighted by atomic mass is 9.89. The highest BCUT2D eigenvalue weighted by atomic mass is 32.2. The van der Waals surface area contributed by atoms with Crippen LogP contribution in [0.1, 0.15) is 17.5 Å². The zero-order valence-electron chi connectivity index (χ0n) is 15.5. The number of aromatic nitrogens is 2. The minimum atomic E-state index is -3.75. The standard InChI is InChI=1S/C21H21N3O3S/c1-27-20-9-7-17(18-10-11-22-23-14-18)13-21(20)28(25,26)24-19-8-6-15-4-2-3-5-16(15)12-19/h2-5,7,9-11,13-14,19,24H,6,8,12H2,1H3. The molecule has 0 radical (unpaired) electrons. The molecule has 1 aliphatic carbocycles. The SMILES string of the molecule is COc1ccc(-c2ccnnc2)cc1S(=O)(=O)NC1CCc2ccccc2C1. The van der Waals surface area contributed by atoms with Crippen LogP contribution in [-0.4, -0.2) is 31.8 Å². The molecule has 0 amide bonds. The molecule has 2 aromatic carbocycles. The normalized spacial score (nSPS) is 16.4. The van der Waals surface area contributed by atoms with Crippen LogP contribution < -0.4 is 9.46 Å². The Morgan fingerprint density at radius 2 is 1.86 bits per heavy atom. The molecule has 4 rings (SSSR count). The first-order valence-electron chi connectivity index (χ1n) is 9.11. The lowest BCUT2D eigenvalue weighted by Crippen LogP contribution is -2.38. The summed E-state index contributed by atoms with van der Waals surface area (Å²) in [6, 6.07) is 14.9. The Bertz CT molecular complexity index is 1090. The molecule has 0 aliphatic heterocycles. The maximum atomic E-state index is 13.2. The first-order chi connectivity index (χ1) is 13.6. The van der Waals surface area contributed by atoms with Crippen molar-refractivity contribution < 1.29 is 13.2 Å². The third-order valence-corrected chi connectivity index (χ3v) is 6.58. The summed E-state index contributed by atoms with van der Waals surface area (Å²) in [7, 11) is -2.28. The van der Waals surface area contributed by atoms with E-state index in [9.17, 15) is 8.42 Å². The molecule has 0 bridgehead atoms. The highest BCUT2D eigenvalue weighted by Gasteiger charge is 2.27. The van der Waals surface area contributed by atoms with E-state index in [0.717, 1.165) is 24.0 Å². The fraction of sp³-hybridized carbons (Fsp3) is 0.238. The van der Waals surface area contributed by atoms with Gasteiger partial charge < -0.3 is 4.74 Å². The quantitative estimate of drug-likeness (QED) is 0.718. The van der Waals surface area contributed by atoms with Crippen molar-refractivity contribution in [2.75, 3.05) is 7.11 Å². The summed E-state index contributed by atoms with van der Waals surface area (Å²) in [5, 5.41) is 7.63. The summed E-state index contributed by atoms with van der Waals surface area (Å²) in [6.07, 6.45) is 5.50. The van der Waals surface area contributed by atoms with Crippen LogP contribution in [0.2, 0.25) is 0 Å². The predicted molar refractivity (Wildman–Crippen MR) is 107 cm³/mol. The van der Waals surface area contributed by atoms with E-state index in [-0.39, 0.29) is 10.9 Å². The smallest absolute Gasteiger partial charge is 0.244 e. The highest BCUT2D eigenvalue weighted by molar-refractivity contribution is 7.89. The monoisotopic (exact) mass is 395 g/mol. The molecule has 0 fully saturated rings. The molecule has 3 aromatic rings. The predicted octanol–water partition coefficient (Wildman–Crippen LogP) is 2.99. The van der Waals surface area contributed by atoms with Gasteiger partial charge >= 0.3 is 0 Å². The number of benzene rings is 2. The number of fused-ring (bicyclic) bond motifs is 1. The van der Waals surface area contributed by atoms with Crippen LogP contribution in [0.25, 0.3) is 11.1 Å². The number of nitrogens with zero attached hydrogens (tertiary/aromatic N) is 2. The number of ether oxygens (including phenoxy) is 1. The van der Waals surface area contributed by atoms with Gasteiger partial charge in [-0.1, -0.05) is 30.3 Å². The summed E-state index contributed by atoms with van der Waals surface area (Å²) in [5.74, 6) is 0.314. The van der Waals surface area contributed by atoms with Crippen LogP contribution in [-0.2, 0) is 22.9 Å². The summed E-state index contributed by atoms with van der Waals surface area (Å²) in [6.45, 7) is 0. The molecule has 1 N–H and O–H groups in total. The van der Waals surface area contributed by atoms with Gasteiger partial charge in [0.25, 0.3) is 0 Å². The van der Waals surface area contributed by atoms with E-state index in [4.69, 9.17) is 4.74 Å². The largest absolute Gasteiger partial charge is 0.495 e. The van der Waals surface area contributed by atoms with E-state index >= 15 is 0 Å². The van der Waals surface area contributed by atoms with E-state index in [1.807, 2.05) is 18.2 Å². The molecule has 28 heavy (non-hydrogen) atoms. The summed E-state index contributed by atoms with van der Waals surface area (Å²) in [4.78, 5) is 0.128. The highest BCUT2D eigenvalue weighted by Crippen LogP contribution is 2.30. The number of nitrogens with one attached hydrogen (secondary N) is 1. The first kappa shape index (κ1) is 18.6. The van der Waals surface area contributed by atoms with Crippen molar-refractivity contribution in [3.63, 3.8) is 0 Å². The van der Waals surface area contributed by atoms with E-state index < -0.39 is 10.0 Å². The van der Waals surface area contributed by atoms with Crippen molar-refractivity contribution in [1.82, 2.24) is 14.9 Å². The molecule has 0 saturated carbocycles. The molecule has 1 atom stereocenters. The second kappa shape index (κ2) is 7.69. The van der Waals surface area contributed by atoms with Gasteiger partial charge in [-0.15, -0.1) is 0 Å². The molecule has 144 valence electrons. The Labute approximate surface area is 164 Å². The van der Waals surface area contributed by atoms with Crippen LogP contribution in [0.4, 0.5) is 0 Å². The zero-order chi connectivity index (χ0) is 19.6. The lowest BCUT2D eigenvalue weighted by Gasteiger charge is -2.25. The minimum absolute atomic E-state index is 0.128. The molecule has 0 spiro atoms. The average molecular weight is 395 g/mol. The molecular weight excluding hydrogens is 374 g/mol. The number of hydrogen-bond donors (Lipinski definition) is 1. The van der Waals surface area contributed by atoms with Crippen LogP contribution in [0.3, 0.4) is 0 Å². The summed E-state index contributed by atoms with van der Waals surface area (Å²) in [5.41, 5.74) is 4.03. The number of hydrogen-bond acceptors (Lipinski definition) is 5. The van der Waals surface area contributed by atoms with Gasteiger partial charge in [-0.05, 0) is 54.2 Å². The number of methoxy groups -OCH3 is 1. The first-order valence-corrected chi connectivity index (χ1v) is 10.6. The Morgan fingerprint density at radius 1 is 1.04 bits per heavy atom. The van der Waals surface area contributed by atoms with Crippen LogP contribution >= 0.6 is 0 Å². The lowest BCUT2D eigenvalue weighted by molar-refractivity contribution is 0.401. The summed E-state index contributed by atoms with van der Waals surface area (Å²) >= 11 is 0. The van der Waals surface area contributed by atoms with Gasteiger partial charge in [0.15, 0.2) is 0 Å². The van der Waals surface area contributed by atoms with E-state index in [1.54, 1.807) is 30.6 Å². The van der Waals surface area contributed by atoms with Gasteiger partial charge in [0.1, 0.15) is 10.6 Å². The Hall–Kier alpha value is -2.77. The van der Waals surface area contributed by atoms with Crippen molar-refractivity contribution in [1.29, 1.82) is 0 Å². The van der Waals surface area contributed by atoms with Crippen LogP contribution in [0.15, 0.2) is 65.8 Å². The molecule has 6 nitrogen and oxygen atoms in total. The van der Waals surface area contributed by atoms with Crippen molar-refractivity contribution in [3.05, 3.63) is 72.1 Å². The maximum Gasteiger partial charge on any atom is 0.244 e. The fourth-order valence-electron chi connectivity index (χ4n) is 3.61. The van der Waals surface area contributed by atoms with E-state index in [0.29, 0.717) is 12.2 Å². The average Bonchev–Trinajstić information content (AvgIpc) is 2.73. The second-order valence-corrected chi connectivity index (χ2v) is 8.51. The Kier molecular flexibility index (Phi) is 5.11. The molecule has 7 heteroatoms. The topological polar surface area (TPSA) is 81.2 Å². The third kappa shape index (κ3) is 3.76. The molecule has 0 saturated heterocycles. The Balaban J connectivity index is 1.64. The van der Waals surface area contributed by atoms with Gasteiger partial charge in [-0.3, -0.25) is 0 Å². The van der Waals surface area contributed by atoms with Gasteiger partial charge in [0, 0.05) is 11.6 Å². The second-order valence-electron chi connectivity index (χ2n) is 6.83. The minimum Gasteiger partial charge on any atom is -0.495 e. The van der Waals surface area contributed by atoms with Crippen molar-refractivity contribution >= 4 is 10.0 Å². The molecule has 1 heterocycles. The van der Waals surface area contributed by atoms with Crippen LogP contribution in [0, 0.1) is 0 Å². The number of rotatable bonds is 5. The van der Waals surface area contributed by atoms with Gasteiger partial charge in [-0.2, -0.15) is 10.2 Å². The van der Waals surface area contributed by atoms with Gasteiger partial charge in [0.05, 0.1) is 19.5 Å². The van der Waals surface area contributed by atoms with Gasteiger partial charge in [-0.25, -0.2) is 13.1 Å². The zero-order valence-corrected chi connectivity index (χ0v) is 16.3. The molecule has 1 unspecified atom stereocenters. The molecular formula is C21H21N3O3S. The third-order valence-electron chi connectivity index (χ3n) is 5.04. The van der Waals surface area contributed by atoms with Crippen molar-refractivity contribution in [3.8, 4) is 16.9 Å². The van der Waals surface area contributed by atoms with Crippen molar-refractivity contribution in [2.24, 2.45) is 0 Å². The van der Waals surface area contributed by atoms with E-state index in [2.05, 4.69) is 27.1 Å². The number of aryl methyl sites for hydroxylation is 1. The Morgan fingerprint density at radius 3 is 2.61 bits per heavy atom. The molecule has 1 aromatic heterocycles. The van der Waals surface area contributed by atoms with Crippen LogP contribution in [0.5, 0.6) is 5.75 Å².